The van der Waals surface area contributed by atoms with Crippen molar-refractivity contribution in [2.24, 2.45) is 0 Å². The van der Waals surface area contributed by atoms with Crippen LogP contribution in [0.25, 0.3) is 182 Å². The van der Waals surface area contributed by atoms with E-state index in [2.05, 4.69) is 322 Å². The number of aromatic nitrogens is 8. The summed E-state index contributed by atoms with van der Waals surface area (Å²) in [5.41, 5.74) is 45.4. The van der Waals surface area contributed by atoms with Gasteiger partial charge in [-0.2, -0.15) is 0 Å². The van der Waals surface area contributed by atoms with Crippen LogP contribution in [-0.2, 0) is 52.6 Å². The average molecular weight is 1780 g/mol. The summed E-state index contributed by atoms with van der Waals surface area (Å²) < 4.78 is 27.7. The minimum Gasteiger partial charge on any atom is -0.657 e. The van der Waals surface area contributed by atoms with E-state index >= 15 is 4.57 Å². The molecule has 0 fully saturated rings. The maximum atomic E-state index is 15.0. The second-order valence-electron chi connectivity index (χ2n) is 36.4. The van der Waals surface area contributed by atoms with Crippen molar-refractivity contribution < 1.29 is 52.6 Å². The van der Waals surface area contributed by atoms with E-state index in [1.807, 2.05) is 65.8 Å². The number of rotatable bonds is 11. The van der Waals surface area contributed by atoms with Crippen molar-refractivity contribution in [2.45, 2.75) is 157 Å². The molecule has 11 nitrogen and oxygen atoms in total. The van der Waals surface area contributed by atoms with Gasteiger partial charge < -0.3 is 19.9 Å². The van der Waals surface area contributed by atoms with Crippen LogP contribution in [0.3, 0.4) is 0 Å². The first-order chi connectivity index (χ1) is 59.6. The zero-order valence-corrected chi connectivity index (χ0v) is 83.4. The van der Waals surface area contributed by atoms with Crippen LogP contribution < -0.4 is 25.2 Å². The smallest absolute Gasteiger partial charge is 0.657 e. The van der Waals surface area contributed by atoms with Crippen molar-refractivity contribution in [1.82, 2.24) is 39.9 Å². The van der Waals surface area contributed by atoms with Crippen LogP contribution in [0.5, 0.6) is 0 Å². The number of nitrogens with zero attached hydrogens (tertiary/aromatic N) is 8. The van der Waals surface area contributed by atoms with Gasteiger partial charge in [-0.3, -0.25) is 13.6 Å². The van der Waals surface area contributed by atoms with Gasteiger partial charge in [-0.1, -0.05) is 185 Å². The third kappa shape index (κ3) is 17.1. The summed E-state index contributed by atoms with van der Waals surface area (Å²) in [4.78, 5) is 45.5. The number of benzene rings is 8. The predicted octanol–water partition coefficient (Wildman–Crippen LogP) is 27.9. The predicted molar refractivity (Wildman–Crippen MR) is 523 cm³/mol. The van der Waals surface area contributed by atoms with E-state index < -0.39 is 18.8 Å². The number of hydrogen-bond acceptors (Lipinski definition) is 7. The molecule has 0 amide bonds. The number of hydrogen-bond donors (Lipinski definition) is 0. The van der Waals surface area contributed by atoms with Gasteiger partial charge in [-0.25, -0.2) is 19.9 Å². The van der Waals surface area contributed by atoms with E-state index in [1.54, 1.807) is 0 Å². The maximum Gasteiger partial charge on any atom is 2.00 e. The van der Waals surface area contributed by atoms with Gasteiger partial charge in [0.25, 0.3) is 0 Å². The fraction of sp³-hybridized carbons (Fsp3) is 0.204. The van der Waals surface area contributed by atoms with Crippen molar-refractivity contribution >= 4 is 106 Å². The van der Waals surface area contributed by atoms with Crippen molar-refractivity contribution in [1.29, 1.82) is 0 Å². The van der Waals surface area contributed by atoms with Crippen LogP contribution in [0.1, 0.15) is 182 Å². The molecule has 4 aliphatic rings. The molecule has 10 heterocycles. The summed E-state index contributed by atoms with van der Waals surface area (Å²) in [7, 11) is -3.84. The normalized spacial score (nSPS) is 12.4. The second-order valence-corrected chi connectivity index (χ2v) is 38.3. The first kappa shape index (κ1) is 88.4. The molecule has 4 aliphatic heterocycles. The van der Waals surface area contributed by atoms with Crippen molar-refractivity contribution in [2.75, 3.05) is 0 Å². The average Bonchev–Trinajstić information content (AvgIpc) is 1.61. The van der Waals surface area contributed by atoms with Crippen LogP contribution in [-0.4, -0.2) is 31.1 Å². The van der Waals surface area contributed by atoms with E-state index in [0.29, 0.717) is 16.5 Å². The topological polar surface area (TPSA) is 143 Å². The van der Waals surface area contributed by atoms with Crippen molar-refractivity contribution in [3.63, 3.8) is 0 Å². The van der Waals surface area contributed by atoms with E-state index in [-0.39, 0.29) is 39.0 Å². The Bertz CT molecular complexity index is 7310. The molecule has 0 saturated heterocycles. The third-order valence-corrected chi connectivity index (χ3v) is 26.3. The van der Waals surface area contributed by atoms with Gasteiger partial charge in [0.05, 0.1) is 62.1 Å². The minimum absolute atomic E-state index is 0. The van der Waals surface area contributed by atoms with Gasteiger partial charge in [0, 0.05) is 11.1 Å². The Kier molecular flexibility index (Phi) is 23.8. The molecule has 8 aromatic carbocycles. The molecular formula is C113H101N8O3PZn2. The molecule has 0 N–H and O–H groups in total. The van der Waals surface area contributed by atoms with E-state index in [4.69, 9.17) is 48.9 Å². The molecule has 0 unspecified atom stereocenters. The van der Waals surface area contributed by atoms with Crippen LogP contribution in [0.4, 0.5) is 0 Å². The molecule has 0 saturated carbocycles. The van der Waals surface area contributed by atoms with Gasteiger partial charge in [-0.05, 0) is 375 Å². The molecule has 0 spiro atoms. The second kappa shape index (κ2) is 34.3. The maximum absolute atomic E-state index is 15.0. The quantitative estimate of drug-likeness (QED) is 0.0693. The standard InChI is InChI=1S/C113H101N8O3P.2Zn/c1-62-52-67(6)99(68(7)53-62)107-89-42-36-83(114-89)104(84-37-43-90(115-84)108(100-69(8)54-63(2)55-70(100)9)92-47-41-88(119-92)106(87-40-46-91(107)118-87)81-32-34-82(35-33-81)125(122,123-112(16,17)18)124-113(19,20)21)79-28-24-77(25-29-79)22-23-78-26-30-80(31-27-78)105-85-38-44-93(116-85)109(101-71(10)56-64(3)57-72(101)11)95-48-50-97(120-95)111(103-75(14)60-66(5)61-76(103)15)98-51-49-96(121-98)110(94-45-39-86(105)117-94)102-73(12)58-65(4)59-74(102)13;;/h24-61H,1-21H3;;/q-4;2*+2. The molecule has 18 rings (SSSR count). The molecule has 16 bridgehead atoms. The monoisotopic (exact) mass is 1780 g/mol. The van der Waals surface area contributed by atoms with Crippen molar-refractivity contribution in [3.8, 4) is 101 Å². The molecule has 0 atom stereocenters. The number of fused-ring (bicyclic) bond motifs is 16. The minimum atomic E-state index is -3.84. The van der Waals surface area contributed by atoms with Crippen LogP contribution in [0.2, 0.25) is 0 Å². The van der Waals surface area contributed by atoms with E-state index in [1.165, 1.54) is 38.9 Å². The Labute approximate surface area is 771 Å². The van der Waals surface area contributed by atoms with Gasteiger partial charge in [0.15, 0.2) is 0 Å². The molecule has 14 heteroatoms. The van der Waals surface area contributed by atoms with Gasteiger partial charge in [0.2, 0.25) is 0 Å². The van der Waals surface area contributed by atoms with Crippen LogP contribution in [0.15, 0.2) is 182 Å². The molecule has 0 aliphatic carbocycles. The Balaban J connectivity index is 0.00000593. The van der Waals surface area contributed by atoms with Gasteiger partial charge in [-0.15, -0.1) is 44.1 Å². The van der Waals surface area contributed by atoms with Crippen LogP contribution in [0, 0.1) is 116 Å². The molecular weight excluding hydrogens is 1680 g/mol. The largest absolute Gasteiger partial charge is 2.00 e. The summed E-state index contributed by atoms with van der Waals surface area (Å²) in [5, 5.41) is 0.452. The summed E-state index contributed by atoms with van der Waals surface area (Å²) >= 11 is 0. The molecule has 0 radical (unpaired) electrons. The van der Waals surface area contributed by atoms with Crippen LogP contribution >= 0.6 is 7.60 Å². The molecule has 620 valence electrons. The Morgan fingerprint density at radius 2 is 0.417 bits per heavy atom. The fourth-order valence-corrected chi connectivity index (χ4v) is 21.7. The zero-order chi connectivity index (χ0) is 87.7. The van der Waals surface area contributed by atoms with Crippen molar-refractivity contribution in [3.05, 3.63) is 322 Å². The third-order valence-electron chi connectivity index (χ3n) is 23.8. The molecule has 6 aromatic heterocycles. The SMILES string of the molecule is Cc1cc(C)c(-c2c3nc(c(-c4ccc(P(=O)(OC(C)(C)C)OC(C)(C)C)cc4)c4ccc([n-]4)c(-c4c(C)cc(C)cc4C)c4nc(c(-c5ccc(C#Cc6ccc(-c7c8nc(c(-c9c(C)cc(C)cc9C)c9ccc([n-]9)c(-c9c(C)cc(C)cc9C)c9nc(c(-c%10c(C)cc(C)cc%10C)c%10ccc7[n-]%10)C=C9)C=C8)cc6)cc5)c5ccc2[n-]5)C=C4)C=C3)c(C)c1.[Zn+2].[Zn+2]. The summed E-state index contributed by atoms with van der Waals surface area (Å²) in [5.74, 6) is 7.11. The van der Waals surface area contributed by atoms with Gasteiger partial charge >= 0.3 is 46.6 Å². The Morgan fingerprint density at radius 1 is 0.244 bits per heavy atom. The Morgan fingerprint density at radius 3 is 0.606 bits per heavy atom. The zero-order valence-electron chi connectivity index (χ0n) is 76.6. The van der Waals surface area contributed by atoms with E-state index in [0.717, 1.165) is 223 Å². The number of aryl methyl sites for hydroxylation is 15. The first-order valence-electron chi connectivity index (χ1n) is 43.0. The molecule has 14 aromatic rings. The summed E-state index contributed by atoms with van der Waals surface area (Å²) in [6, 6.07) is 64.2. The first-order valence-corrected chi connectivity index (χ1v) is 44.6. The Hall–Kier alpha value is -12.1. The van der Waals surface area contributed by atoms with Gasteiger partial charge in [0.1, 0.15) is 0 Å². The summed E-state index contributed by atoms with van der Waals surface area (Å²) in [6.45, 7) is 44.0. The molecule has 127 heavy (non-hydrogen) atoms. The van der Waals surface area contributed by atoms with E-state index in [9.17, 15) is 0 Å². The summed E-state index contributed by atoms with van der Waals surface area (Å²) in [6.07, 6.45) is 17.1. The fourth-order valence-electron chi connectivity index (χ4n) is 19.5.